The summed E-state index contributed by atoms with van der Waals surface area (Å²) in [6.07, 6.45) is 3.40. The van der Waals surface area contributed by atoms with E-state index in [0.717, 1.165) is 12.2 Å². The molecule has 0 aromatic heterocycles. The Kier molecular flexibility index (Phi) is 5.30. The lowest BCUT2D eigenvalue weighted by molar-refractivity contribution is 0.587. The van der Waals surface area contributed by atoms with Crippen molar-refractivity contribution in [3.8, 4) is 6.07 Å². The van der Waals surface area contributed by atoms with Gasteiger partial charge in [-0.2, -0.15) is 5.26 Å². The Morgan fingerprint density at radius 2 is 2.00 bits per heavy atom. The van der Waals surface area contributed by atoms with Gasteiger partial charge in [-0.05, 0) is 42.9 Å². The van der Waals surface area contributed by atoms with Gasteiger partial charge in [0.15, 0.2) is 0 Å². The molecule has 1 aliphatic rings. The van der Waals surface area contributed by atoms with E-state index < -0.39 is 0 Å². The van der Waals surface area contributed by atoms with Crippen molar-refractivity contribution < 1.29 is 0 Å². The molecule has 1 atom stereocenters. The van der Waals surface area contributed by atoms with Gasteiger partial charge in [-0.3, -0.25) is 5.32 Å². The van der Waals surface area contributed by atoms with E-state index >= 15 is 0 Å². The molecule has 0 heterocycles. The highest BCUT2D eigenvalue weighted by Gasteiger charge is 2.24. The highest BCUT2D eigenvalue weighted by atomic mass is 32.2. The van der Waals surface area contributed by atoms with Gasteiger partial charge in [0.05, 0.1) is 12.1 Å². The number of nitrogens with zero attached hydrogens (tertiary/aromatic N) is 1. The van der Waals surface area contributed by atoms with E-state index in [-0.39, 0.29) is 6.04 Å². The van der Waals surface area contributed by atoms with Gasteiger partial charge < -0.3 is 0 Å². The van der Waals surface area contributed by atoms with Crippen LogP contribution in [0.2, 0.25) is 0 Å². The Balaban J connectivity index is 1.73. The molecule has 2 rings (SSSR count). The smallest absolute Gasteiger partial charge is 0.0963 e. The van der Waals surface area contributed by atoms with Crippen molar-refractivity contribution in [1.29, 1.82) is 5.26 Å². The van der Waals surface area contributed by atoms with Crippen LogP contribution >= 0.6 is 11.8 Å². The predicted octanol–water partition coefficient (Wildman–Crippen LogP) is 3.94. The van der Waals surface area contributed by atoms with Crippen LogP contribution in [0.15, 0.2) is 29.2 Å². The van der Waals surface area contributed by atoms with Gasteiger partial charge in [-0.1, -0.05) is 26.0 Å². The summed E-state index contributed by atoms with van der Waals surface area (Å²) in [6.45, 7) is 4.42. The Hall–Kier alpha value is -0.980. The van der Waals surface area contributed by atoms with Gasteiger partial charge in [-0.25, -0.2) is 0 Å². The van der Waals surface area contributed by atoms with Crippen LogP contribution in [0.5, 0.6) is 0 Å². The molecule has 3 heteroatoms. The fourth-order valence-electron chi connectivity index (χ4n) is 1.96. The van der Waals surface area contributed by atoms with Crippen molar-refractivity contribution in [1.82, 2.24) is 5.32 Å². The summed E-state index contributed by atoms with van der Waals surface area (Å²) in [5.74, 6) is 1.59. The molecule has 1 saturated carbocycles. The van der Waals surface area contributed by atoms with Crippen LogP contribution in [0.3, 0.4) is 0 Å². The van der Waals surface area contributed by atoms with Crippen LogP contribution < -0.4 is 5.32 Å². The molecule has 19 heavy (non-hydrogen) atoms. The van der Waals surface area contributed by atoms with Gasteiger partial charge >= 0.3 is 0 Å². The molecule has 0 radical (unpaired) electrons. The summed E-state index contributed by atoms with van der Waals surface area (Å²) in [7, 11) is 0. The predicted molar refractivity (Wildman–Crippen MR) is 81.4 cm³/mol. The zero-order valence-electron chi connectivity index (χ0n) is 11.7. The standard InChI is InChI=1S/C16H22N2S/c1-12(2)13-3-7-16(8-4-13)19-10-9-15(11-17)18-14-5-6-14/h3-4,7-8,12,14-15,18H,5-6,9-10H2,1-2H3. The lowest BCUT2D eigenvalue weighted by atomic mass is 10.0. The van der Waals surface area contributed by atoms with Gasteiger partial charge in [0.2, 0.25) is 0 Å². The Bertz CT molecular complexity index is 429. The van der Waals surface area contributed by atoms with Gasteiger partial charge in [0.25, 0.3) is 0 Å². The molecule has 1 unspecified atom stereocenters. The average Bonchev–Trinajstić information content (AvgIpc) is 3.22. The van der Waals surface area contributed by atoms with Crippen LogP contribution in [-0.2, 0) is 0 Å². The van der Waals surface area contributed by atoms with Crippen LogP contribution in [0.25, 0.3) is 0 Å². The number of benzene rings is 1. The molecule has 1 aliphatic carbocycles. The first-order chi connectivity index (χ1) is 9.19. The monoisotopic (exact) mass is 274 g/mol. The van der Waals surface area contributed by atoms with Crippen molar-refractivity contribution >= 4 is 11.8 Å². The maximum atomic E-state index is 9.08. The summed E-state index contributed by atoms with van der Waals surface area (Å²) in [4.78, 5) is 1.30. The normalized spacial score (nSPS) is 16.3. The second-order valence-electron chi connectivity index (χ2n) is 5.48. The molecule has 0 spiro atoms. The van der Waals surface area contributed by atoms with Crippen LogP contribution in [-0.4, -0.2) is 17.8 Å². The lowest BCUT2D eigenvalue weighted by Gasteiger charge is -2.10. The first-order valence-corrected chi connectivity index (χ1v) is 8.06. The zero-order chi connectivity index (χ0) is 13.7. The van der Waals surface area contributed by atoms with Crippen LogP contribution in [0.1, 0.15) is 44.6 Å². The lowest BCUT2D eigenvalue weighted by Crippen LogP contribution is -2.29. The van der Waals surface area contributed by atoms with Crippen molar-refractivity contribution in [2.75, 3.05) is 5.75 Å². The first kappa shape index (κ1) is 14.4. The molecule has 0 saturated heterocycles. The molecule has 1 N–H and O–H groups in total. The van der Waals surface area contributed by atoms with Crippen molar-refractivity contribution in [3.05, 3.63) is 29.8 Å². The van der Waals surface area contributed by atoms with Crippen LogP contribution in [0.4, 0.5) is 0 Å². The number of nitrogens with one attached hydrogen (secondary N) is 1. The Morgan fingerprint density at radius 1 is 1.32 bits per heavy atom. The molecule has 0 amide bonds. The maximum Gasteiger partial charge on any atom is 0.0963 e. The summed E-state index contributed by atoms with van der Waals surface area (Å²) in [5.41, 5.74) is 1.38. The van der Waals surface area contributed by atoms with Crippen molar-refractivity contribution in [2.45, 2.75) is 56.0 Å². The van der Waals surface area contributed by atoms with E-state index in [0.29, 0.717) is 12.0 Å². The highest BCUT2D eigenvalue weighted by molar-refractivity contribution is 7.99. The van der Waals surface area contributed by atoms with Gasteiger partial charge in [0.1, 0.15) is 0 Å². The minimum atomic E-state index is 0.0231. The number of thioether (sulfide) groups is 1. The Labute approximate surface area is 120 Å². The number of hydrogen-bond acceptors (Lipinski definition) is 3. The van der Waals surface area contributed by atoms with E-state index in [1.165, 1.54) is 23.3 Å². The first-order valence-electron chi connectivity index (χ1n) is 7.07. The quantitative estimate of drug-likeness (QED) is 0.765. The summed E-state index contributed by atoms with van der Waals surface area (Å²) in [5, 5.41) is 12.5. The topological polar surface area (TPSA) is 35.8 Å². The largest absolute Gasteiger partial charge is 0.299 e. The summed E-state index contributed by atoms with van der Waals surface area (Å²) < 4.78 is 0. The fourth-order valence-corrected chi connectivity index (χ4v) is 2.88. The molecular formula is C16H22N2S. The molecule has 1 fully saturated rings. The minimum Gasteiger partial charge on any atom is -0.299 e. The second kappa shape index (κ2) is 6.98. The zero-order valence-corrected chi connectivity index (χ0v) is 12.5. The van der Waals surface area contributed by atoms with E-state index in [4.69, 9.17) is 5.26 Å². The third-order valence-electron chi connectivity index (χ3n) is 3.39. The van der Waals surface area contributed by atoms with Gasteiger partial charge in [0, 0.05) is 16.7 Å². The van der Waals surface area contributed by atoms with E-state index in [1.807, 2.05) is 11.8 Å². The molecule has 102 valence electrons. The molecule has 2 nitrogen and oxygen atoms in total. The van der Waals surface area contributed by atoms with Crippen LogP contribution in [0, 0.1) is 11.3 Å². The second-order valence-corrected chi connectivity index (χ2v) is 6.65. The summed E-state index contributed by atoms with van der Waals surface area (Å²) in [6, 6.07) is 11.8. The average molecular weight is 274 g/mol. The number of hydrogen-bond donors (Lipinski definition) is 1. The third-order valence-corrected chi connectivity index (χ3v) is 4.44. The third kappa shape index (κ3) is 4.89. The molecule has 1 aromatic carbocycles. The Morgan fingerprint density at radius 3 is 2.53 bits per heavy atom. The van der Waals surface area contributed by atoms with Crippen molar-refractivity contribution in [3.63, 3.8) is 0 Å². The molecular weight excluding hydrogens is 252 g/mol. The van der Waals surface area contributed by atoms with Crippen molar-refractivity contribution in [2.24, 2.45) is 0 Å². The fraction of sp³-hybridized carbons (Fsp3) is 0.562. The molecule has 0 bridgehead atoms. The van der Waals surface area contributed by atoms with E-state index in [2.05, 4.69) is 49.5 Å². The SMILES string of the molecule is CC(C)c1ccc(SCCC(C#N)NC2CC2)cc1. The molecule has 0 aliphatic heterocycles. The molecule has 1 aromatic rings. The van der Waals surface area contributed by atoms with E-state index in [1.54, 1.807) is 0 Å². The minimum absolute atomic E-state index is 0.0231. The number of rotatable bonds is 7. The number of nitriles is 1. The van der Waals surface area contributed by atoms with Gasteiger partial charge in [-0.15, -0.1) is 11.8 Å². The maximum absolute atomic E-state index is 9.08. The van der Waals surface area contributed by atoms with E-state index in [9.17, 15) is 0 Å². The summed E-state index contributed by atoms with van der Waals surface area (Å²) >= 11 is 1.84. The highest BCUT2D eigenvalue weighted by Crippen LogP contribution is 2.24.